The van der Waals surface area contributed by atoms with Gasteiger partial charge in [0.15, 0.2) is 6.10 Å². The molecule has 6 nitrogen and oxygen atoms in total. The number of ether oxygens (including phenoxy) is 1. The topological polar surface area (TPSA) is 83.2 Å². The lowest BCUT2D eigenvalue weighted by molar-refractivity contribution is -0.122. The van der Waals surface area contributed by atoms with Gasteiger partial charge in [0.1, 0.15) is 11.4 Å². The zero-order valence-corrected chi connectivity index (χ0v) is 15.9. The van der Waals surface area contributed by atoms with E-state index in [4.69, 9.17) is 16.3 Å². The van der Waals surface area contributed by atoms with Crippen molar-refractivity contribution in [2.24, 2.45) is 0 Å². The Hall–Kier alpha value is -2.51. The molecule has 0 aliphatic carbocycles. The van der Waals surface area contributed by atoms with E-state index in [2.05, 4.69) is 31.5 Å². The predicted molar refractivity (Wildman–Crippen MR) is 104 cm³/mol. The van der Waals surface area contributed by atoms with Gasteiger partial charge in [-0.25, -0.2) is 0 Å². The van der Waals surface area contributed by atoms with Crippen LogP contribution in [0.1, 0.15) is 17.4 Å². The summed E-state index contributed by atoms with van der Waals surface area (Å²) in [5, 5.41) is 6.63. The number of halogens is 2. The third kappa shape index (κ3) is 2.93. The van der Waals surface area contributed by atoms with Crippen molar-refractivity contribution in [2.75, 3.05) is 10.6 Å². The van der Waals surface area contributed by atoms with Crippen LogP contribution < -0.4 is 15.4 Å². The van der Waals surface area contributed by atoms with E-state index in [1.807, 2.05) is 18.2 Å². The quantitative estimate of drug-likeness (QED) is 0.553. The van der Waals surface area contributed by atoms with Gasteiger partial charge < -0.3 is 20.4 Å². The van der Waals surface area contributed by atoms with Crippen LogP contribution in [-0.2, 0) is 4.79 Å². The van der Waals surface area contributed by atoms with E-state index in [1.54, 1.807) is 25.1 Å². The van der Waals surface area contributed by atoms with Crippen LogP contribution >= 0.6 is 27.5 Å². The van der Waals surface area contributed by atoms with Crippen molar-refractivity contribution in [3.8, 4) is 5.75 Å². The van der Waals surface area contributed by atoms with Gasteiger partial charge in [-0.05, 0) is 43.3 Å². The molecule has 1 aliphatic heterocycles. The number of H-pyrrole nitrogens is 1. The number of nitrogens with one attached hydrogen (secondary N) is 3. The molecule has 132 valence electrons. The number of rotatable bonds is 2. The molecule has 2 aromatic carbocycles. The van der Waals surface area contributed by atoms with Crippen LogP contribution in [0.2, 0.25) is 5.02 Å². The maximum Gasteiger partial charge on any atom is 0.273 e. The molecule has 4 rings (SSSR count). The molecule has 0 fully saturated rings. The molecule has 2 amide bonds. The average molecular weight is 435 g/mol. The lowest BCUT2D eigenvalue weighted by Crippen LogP contribution is -2.34. The highest BCUT2D eigenvalue weighted by Gasteiger charge is 2.24. The molecular formula is C18H13BrClN3O3. The molecule has 2 heterocycles. The van der Waals surface area contributed by atoms with Crippen LogP contribution in [0.5, 0.6) is 5.75 Å². The molecule has 1 unspecified atom stereocenters. The molecule has 3 aromatic rings. The Bertz CT molecular complexity index is 1060. The first-order valence-electron chi connectivity index (χ1n) is 7.82. The van der Waals surface area contributed by atoms with E-state index in [-0.39, 0.29) is 17.5 Å². The number of anilines is 2. The van der Waals surface area contributed by atoms with Gasteiger partial charge in [-0.1, -0.05) is 27.5 Å². The highest BCUT2D eigenvalue weighted by Crippen LogP contribution is 2.33. The Balaban J connectivity index is 1.62. The Morgan fingerprint density at radius 3 is 2.88 bits per heavy atom. The average Bonchev–Trinajstić information content (AvgIpc) is 2.93. The van der Waals surface area contributed by atoms with E-state index in [0.29, 0.717) is 22.1 Å². The standard InChI is InChI=1S/C18H13BrClN3O3/c1-8-17(24)23-13-7-10(3-5-14(13)26-8)21-18(25)16-15(20)11-6-9(19)2-4-12(11)22-16/h2-8,22H,1H3,(H,21,25)(H,23,24). The number of aromatic amines is 1. The number of carbonyl (C=O) groups excluding carboxylic acids is 2. The number of hydrogen-bond donors (Lipinski definition) is 3. The van der Waals surface area contributed by atoms with Gasteiger partial charge in [-0.15, -0.1) is 0 Å². The van der Waals surface area contributed by atoms with Gasteiger partial charge >= 0.3 is 0 Å². The third-order valence-corrected chi connectivity index (χ3v) is 4.98. The van der Waals surface area contributed by atoms with Gasteiger partial charge in [0.2, 0.25) is 0 Å². The van der Waals surface area contributed by atoms with Crippen molar-refractivity contribution in [1.82, 2.24) is 4.98 Å². The lowest BCUT2D eigenvalue weighted by atomic mass is 10.2. The molecule has 1 aromatic heterocycles. The van der Waals surface area contributed by atoms with Crippen LogP contribution in [0, 0.1) is 0 Å². The Morgan fingerprint density at radius 1 is 1.27 bits per heavy atom. The fourth-order valence-electron chi connectivity index (χ4n) is 2.77. The van der Waals surface area contributed by atoms with E-state index in [9.17, 15) is 9.59 Å². The van der Waals surface area contributed by atoms with Gasteiger partial charge in [-0.3, -0.25) is 9.59 Å². The second-order valence-corrected chi connectivity index (χ2v) is 7.21. The van der Waals surface area contributed by atoms with Crippen molar-refractivity contribution in [3.05, 3.63) is 51.6 Å². The molecule has 3 N–H and O–H groups in total. The van der Waals surface area contributed by atoms with Crippen molar-refractivity contribution >= 4 is 61.6 Å². The highest BCUT2D eigenvalue weighted by atomic mass is 79.9. The molecule has 1 atom stereocenters. The summed E-state index contributed by atoms with van der Waals surface area (Å²) in [6, 6.07) is 10.6. The van der Waals surface area contributed by atoms with Gasteiger partial charge in [0, 0.05) is 21.1 Å². The SMILES string of the molecule is CC1Oc2ccc(NC(=O)c3[nH]c4ccc(Br)cc4c3Cl)cc2NC1=O. The predicted octanol–water partition coefficient (Wildman–Crippen LogP) is 4.56. The summed E-state index contributed by atoms with van der Waals surface area (Å²) >= 11 is 9.74. The van der Waals surface area contributed by atoms with Crippen molar-refractivity contribution in [1.29, 1.82) is 0 Å². The second-order valence-electron chi connectivity index (χ2n) is 5.92. The summed E-state index contributed by atoms with van der Waals surface area (Å²) in [6.07, 6.45) is -0.549. The number of amides is 2. The zero-order chi connectivity index (χ0) is 18.4. The summed E-state index contributed by atoms with van der Waals surface area (Å²) in [5.41, 5.74) is 2.07. The summed E-state index contributed by atoms with van der Waals surface area (Å²) in [4.78, 5) is 27.4. The van der Waals surface area contributed by atoms with Crippen LogP contribution in [0.15, 0.2) is 40.9 Å². The summed E-state index contributed by atoms with van der Waals surface area (Å²) in [5.74, 6) is -0.0486. The fraction of sp³-hybridized carbons (Fsp3) is 0.111. The molecule has 0 bridgehead atoms. The first kappa shape index (κ1) is 16.9. The molecule has 8 heteroatoms. The van der Waals surface area contributed by atoms with Crippen molar-refractivity contribution < 1.29 is 14.3 Å². The molecule has 0 radical (unpaired) electrons. The first-order chi connectivity index (χ1) is 12.4. The van der Waals surface area contributed by atoms with Crippen molar-refractivity contribution in [3.63, 3.8) is 0 Å². The minimum atomic E-state index is -0.549. The summed E-state index contributed by atoms with van der Waals surface area (Å²) < 4.78 is 6.38. The minimum absolute atomic E-state index is 0.231. The van der Waals surface area contributed by atoms with Gasteiger partial charge in [0.25, 0.3) is 11.8 Å². The maximum atomic E-state index is 12.6. The normalized spacial score (nSPS) is 16.0. The largest absolute Gasteiger partial charge is 0.479 e. The summed E-state index contributed by atoms with van der Waals surface area (Å²) in [6.45, 7) is 1.67. The molecule has 26 heavy (non-hydrogen) atoms. The van der Waals surface area contributed by atoms with Crippen molar-refractivity contribution in [2.45, 2.75) is 13.0 Å². The van der Waals surface area contributed by atoms with E-state index in [1.165, 1.54) is 0 Å². The zero-order valence-electron chi connectivity index (χ0n) is 13.5. The number of hydrogen-bond acceptors (Lipinski definition) is 3. The number of aromatic nitrogens is 1. The number of carbonyl (C=O) groups is 2. The van der Waals surface area contributed by atoms with Crippen LogP contribution in [0.4, 0.5) is 11.4 Å². The van der Waals surface area contributed by atoms with Crippen LogP contribution in [0.25, 0.3) is 10.9 Å². The molecule has 0 spiro atoms. The van der Waals surface area contributed by atoms with Crippen LogP contribution in [0.3, 0.4) is 0 Å². The highest BCUT2D eigenvalue weighted by molar-refractivity contribution is 9.10. The smallest absolute Gasteiger partial charge is 0.273 e. The molecule has 0 saturated carbocycles. The molecule has 1 aliphatic rings. The monoisotopic (exact) mass is 433 g/mol. The van der Waals surface area contributed by atoms with E-state index < -0.39 is 6.10 Å². The minimum Gasteiger partial charge on any atom is -0.479 e. The van der Waals surface area contributed by atoms with E-state index in [0.717, 1.165) is 15.4 Å². The first-order valence-corrected chi connectivity index (χ1v) is 8.99. The Kier molecular flexibility index (Phi) is 4.13. The third-order valence-electron chi connectivity index (χ3n) is 4.09. The number of fused-ring (bicyclic) bond motifs is 2. The van der Waals surface area contributed by atoms with Gasteiger partial charge in [-0.2, -0.15) is 0 Å². The Labute approximate surface area is 162 Å². The second kappa shape index (κ2) is 6.34. The lowest BCUT2D eigenvalue weighted by Gasteiger charge is -2.23. The maximum absolute atomic E-state index is 12.6. The Morgan fingerprint density at radius 2 is 2.08 bits per heavy atom. The number of benzene rings is 2. The molecular weight excluding hydrogens is 422 g/mol. The van der Waals surface area contributed by atoms with Gasteiger partial charge in [0.05, 0.1) is 10.7 Å². The van der Waals surface area contributed by atoms with E-state index >= 15 is 0 Å². The summed E-state index contributed by atoms with van der Waals surface area (Å²) in [7, 11) is 0. The van der Waals surface area contributed by atoms with Crippen LogP contribution in [-0.4, -0.2) is 22.9 Å². The fourth-order valence-corrected chi connectivity index (χ4v) is 3.42. The molecule has 0 saturated heterocycles.